The fourth-order valence-electron chi connectivity index (χ4n) is 3.83. The number of hydrogen-bond acceptors (Lipinski definition) is 4. The maximum absolute atomic E-state index is 13.0. The fraction of sp³-hybridized carbons (Fsp3) is 0.280. The molecule has 0 saturated carbocycles. The quantitative estimate of drug-likeness (QED) is 0.527. The van der Waals surface area contributed by atoms with Crippen LogP contribution in [0.3, 0.4) is 0 Å². The second-order valence-electron chi connectivity index (χ2n) is 8.21. The van der Waals surface area contributed by atoms with Crippen molar-refractivity contribution in [2.75, 3.05) is 36.4 Å². The molecule has 0 atom stereocenters. The minimum Gasteiger partial charge on any atom is -0.354 e. The van der Waals surface area contributed by atoms with Gasteiger partial charge in [-0.15, -0.1) is 0 Å². The number of rotatable bonds is 6. The number of amides is 1. The highest BCUT2D eigenvalue weighted by Crippen LogP contribution is 2.29. The van der Waals surface area contributed by atoms with E-state index in [1.807, 2.05) is 6.07 Å². The lowest BCUT2D eigenvalue weighted by atomic mass is 10.1. The second kappa shape index (κ2) is 10.2. The number of nitrogens with one attached hydrogen (secondary N) is 1. The van der Waals surface area contributed by atoms with Gasteiger partial charge in [0, 0.05) is 32.7 Å². The lowest BCUT2D eigenvalue weighted by Crippen LogP contribution is -2.46. The lowest BCUT2D eigenvalue weighted by molar-refractivity contribution is -0.137. The van der Waals surface area contributed by atoms with Crippen LogP contribution in [0.25, 0.3) is 0 Å². The first-order valence-corrected chi connectivity index (χ1v) is 10.9. The van der Waals surface area contributed by atoms with Crippen LogP contribution in [-0.4, -0.2) is 42.0 Å². The number of alkyl halides is 3. The summed E-state index contributed by atoms with van der Waals surface area (Å²) >= 11 is 0. The van der Waals surface area contributed by atoms with Gasteiger partial charge in [-0.1, -0.05) is 24.3 Å². The van der Waals surface area contributed by atoms with Crippen LogP contribution in [-0.2, 0) is 23.9 Å². The number of carbonyl (C=O) groups excluding carboxylic acids is 1. The molecule has 1 saturated heterocycles. The molecule has 178 valence electrons. The van der Waals surface area contributed by atoms with E-state index < -0.39 is 11.7 Å². The Kier molecular flexibility index (Phi) is 7.12. The van der Waals surface area contributed by atoms with Gasteiger partial charge in [0.15, 0.2) is 0 Å². The fourth-order valence-corrected chi connectivity index (χ4v) is 3.83. The van der Waals surface area contributed by atoms with Crippen molar-refractivity contribution < 1.29 is 22.4 Å². The number of nitrogens with zero attached hydrogens (tertiary/aromatic N) is 3. The molecule has 5 nitrogen and oxygen atoms in total. The van der Waals surface area contributed by atoms with E-state index in [2.05, 4.69) is 20.1 Å². The third-order valence-electron chi connectivity index (χ3n) is 5.69. The van der Waals surface area contributed by atoms with Crippen molar-refractivity contribution in [1.29, 1.82) is 0 Å². The molecular weight excluding hydrogens is 448 g/mol. The van der Waals surface area contributed by atoms with Crippen molar-refractivity contribution in [1.82, 2.24) is 9.88 Å². The summed E-state index contributed by atoms with van der Waals surface area (Å²) in [5.74, 6) is 0.244. The number of hydrogen-bond donors (Lipinski definition) is 1. The van der Waals surface area contributed by atoms with Gasteiger partial charge in [-0.05, 0) is 47.5 Å². The molecule has 0 bridgehead atoms. The minimum atomic E-state index is -4.32. The van der Waals surface area contributed by atoms with Crippen molar-refractivity contribution in [3.05, 3.63) is 89.4 Å². The number of aromatic nitrogens is 1. The molecule has 0 aliphatic carbocycles. The maximum Gasteiger partial charge on any atom is 0.416 e. The molecule has 0 spiro atoms. The lowest BCUT2D eigenvalue weighted by Gasteiger charge is -2.35. The first kappa shape index (κ1) is 23.7. The van der Waals surface area contributed by atoms with Crippen LogP contribution >= 0.6 is 0 Å². The van der Waals surface area contributed by atoms with Gasteiger partial charge in [-0.25, -0.2) is 9.37 Å². The van der Waals surface area contributed by atoms with Crippen molar-refractivity contribution in [3.63, 3.8) is 0 Å². The Balaban J connectivity index is 1.25. The van der Waals surface area contributed by atoms with Gasteiger partial charge in [-0.3, -0.25) is 9.69 Å². The van der Waals surface area contributed by atoms with E-state index in [4.69, 9.17) is 0 Å². The normalized spacial score (nSPS) is 14.8. The number of piperazine rings is 1. The van der Waals surface area contributed by atoms with E-state index in [1.54, 1.807) is 24.4 Å². The first-order valence-electron chi connectivity index (χ1n) is 10.9. The van der Waals surface area contributed by atoms with Crippen LogP contribution in [0.5, 0.6) is 0 Å². The van der Waals surface area contributed by atoms with Gasteiger partial charge in [0.1, 0.15) is 11.6 Å². The van der Waals surface area contributed by atoms with Crippen LogP contribution in [0.4, 0.5) is 29.1 Å². The summed E-state index contributed by atoms with van der Waals surface area (Å²) in [7, 11) is 0. The second-order valence-corrected chi connectivity index (χ2v) is 8.21. The Bertz CT molecular complexity index is 1090. The molecular formula is C25H24F4N4O. The van der Waals surface area contributed by atoms with E-state index in [-0.39, 0.29) is 18.1 Å². The zero-order valence-electron chi connectivity index (χ0n) is 18.4. The first-order chi connectivity index (χ1) is 16.3. The predicted molar refractivity (Wildman–Crippen MR) is 122 cm³/mol. The summed E-state index contributed by atoms with van der Waals surface area (Å²) in [6.45, 7) is 3.60. The molecule has 2 heterocycles. The monoisotopic (exact) mass is 472 g/mol. The molecule has 0 unspecified atom stereocenters. The number of pyridine rings is 1. The molecule has 1 amide bonds. The summed E-state index contributed by atoms with van der Waals surface area (Å²) in [4.78, 5) is 21.0. The predicted octanol–water partition coefficient (Wildman–Crippen LogP) is 4.74. The number of benzene rings is 2. The third kappa shape index (κ3) is 6.32. The Morgan fingerprint density at radius 3 is 2.12 bits per heavy atom. The third-order valence-corrected chi connectivity index (χ3v) is 5.69. The number of carbonyl (C=O) groups is 1. The highest BCUT2D eigenvalue weighted by Gasteiger charge is 2.30. The van der Waals surface area contributed by atoms with Gasteiger partial charge in [0.05, 0.1) is 23.9 Å². The molecule has 2 aromatic carbocycles. The van der Waals surface area contributed by atoms with Crippen molar-refractivity contribution >= 4 is 17.4 Å². The Labute approximate surface area is 195 Å². The molecule has 1 fully saturated rings. The highest BCUT2D eigenvalue weighted by molar-refractivity contribution is 5.92. The Morgan fingerprint density at radius 2 is 1.53 bits per heavy atom. The highest BCUT2D eigenvalue weighted by atomic mass is 19.4. The van der Waals surface area contributed by atoms with Crippen molar-refractivity contribution in [3.8, 4) is 0 Å². The molecule has 1 aromatic heterocycles. The van der Waals surface area contributed by atoms with Gasteiger partial charge >= 0.3 is 6.18 Å². The van der Waals surface area contributed by atoms with E-state index >= 15 is 0 Å². The standard InChI is InChI=1S/C25H24F4N4O/c26-21-7-3-18(4-8-21)15-24(34)31-22-9-10-23(30-16-22)33-13-11-32(12-14-33)17-19-1-5-20(6-2-19)25(27,28)29/h1-10,16H,11-15,17H2,(H,31,34). The van der Waals surface area contributed by atoms with Gasteiger partial charge in [-0.2, -0.15) is 13.2 Å². The van der Waals surface area contributed by atoms with Gasteiger partial charge < -0.3 is 10.2 Å². The van der Waals surface area contributed by atoms with Crippen LogP contribution in [0.1, 0.15) is 16.7 Å². The number of halogens is 4. The van der Waals surface area contributed by atoms with Crippen LogP contribution in [0.15, 0.2) is 66.9 Å². The van der Waals surface area contributed by atoms with Crippen LogP contribution in [0, 0.1) is 5.82 Å². The van der Waals surface area contributed by atoms with Crippen molar-refractivity contribution in [2.24, 2.45) is 0 Å². The maximum atomic E-state index is 13.0. The van der Waals surface area contributed by atoms with Gasteiger partial charge in [0.2, 0.25) is 5.91 Å². The average molecular weight is 472 g/mol. The zero-order valence-corrected chi connectivity index (χ0v) is 18.4. The summed E-state index contributed by atoms with van der Waals surface area (Å²) in [6, 6.07) is 14.7. The Hall–Kier alpha value is -3.46. The largest absolute Gasteiger partial charge is 0.416 e. The van der Waals surface area contributed by atoms with E-state index in [9.17, 15) is 22.4 Å². The molecule has 1 aliphatic rings. The van der Waals surface area contributed by atoms with Gasteiger partial charge in [0.25, 0.3) is 0 Å². The van der Waals surface area contributed by atoms with E-state index in [1.165, 1.54) is 24.3 Å². The molecule has 1 N–H and O–H groups in total. The molecule has 9 heteroatoms. The van der Waals surface area contributed by atoms with E-state index in [0.29, 0.717) is 12.2 Å². The minimum absolute atomic E-state index is 0.142. The van der Waals surface area contributed by atoms with Crippen LogP contribution < -0.4 is 10.2 Å². The summed E-state index contributed by atoms with van der Waals surface area (Å²) in [5.41, 5.74) is 1.51. The topological polar surface area (TPSA) is 48.5 Å². The molecule has 3 aromatic rings. The molecule has 0 radical (unpaired) electrons. The Morgan fingerprint density at radius 1 is 0.882 bits per heavy atom. The van der Waals surface area contributed by atoms with E-state index in [0.717, 1.165) is 55.3 Å². The van der Waals surface area contributed by atoms with Crippen LogP contribution in [0.2, 0.25) is 0 Å². The average Bonchev–Trinajstić information content (AvgIpc) is 2.81. The molecule has 1 aliphatic heterocycles. The summed E-state index contributed by atoms with van der Waals surface area (Å²) in [6.07, 6.45) is -2.58. The number of anilines is 2. The smallest absolute Gasteiger partial charge is 0.354 e. The molecule has 4 rings (SSSR count). The SMILES string of the molecule is O=C(Cc1ccc(F)cc1)Nc1ccc(N2CCN(Cc3ccc(C(F)(F)F)cc3)CC2)nc1. The molecule has 34 heavy (non-hydrogen) atoms. The summed E-state index contributed by atoms with van der Waals surface area (Å²) in [5, 5.41) is 2.79. The summed E-state index contributed by atoms with van der Waals surface area (Å²) < 4.78 is 51.1. The zero-order chi connectivity index (χ0) is 24.1. The van der Waals surface area contributed by atoms with Crippen molar-refractivity contribution in [2.45, 2.75) is 19.1 Å².